The Kier molecular flexibility index (Phi) is 6.64. The number of aromatic nitrogens is 6. The summed E-state index contributed by atoms with van der Waals surface area (Å²) in [6.07, 6.45) is 8.53. The van der Waals surface area contributed by atoms with Crippen LogP contribution in [0.1, 0.15) is 49.1 Å². The number of anilines is 1. The van der Waals surface area contributed by atoms with Gasteiger partial charge in [-0.25, -0.2) is 14.4 Å². The first-order chi connectivity index (χ1) is 17.0. The molecule has 1 fully saturated rings. The molecule has 0 saturated heterocycles. The molecule has 0 atom stereocenters. The van der Waals surface area contributed by atoms with E-state index < -0.39 is 17.7 Å². The van der Waals surface area contributed by atoms with E-state index in [2.05, 4.69) is 30.6 Å². The second-order valence-corrected chi connectivity index (χ2v) is 9.06. The van der Waals surface area contributed by atoms with Crippen LogP contribution in [-0.2, 0) is 4.74 Å². The monoisotopic (exact) mass is 499 g/mol. The van der Waals surface area contributed by atoms with Gasteiger partial charge in [0.05, 0.1) is 24.0 Å². The molecular weight excluding hydrogens is 476 g/mol. The van der Waals surface area contributed by atoms with Crippen molar-refractivity contribution in [1.82, 2.24) is 29.9 Å². The maximum atomic E-state index is 14.6. The lowest BCUT2D eigenvalue weighted by molar-refractivity contribution is 0.0260. The molecule has 12 heteroatoms. The fraction of sp³-hybridized carbons (Fsp3) is 0.348. The van der Waals surface area contributed by atoms with Crippen molar-refractivity contribution in [2.75, 3.05) is 11.9 Å². The van der Waals surface area contributed by atoms with E-state index in [0.717, 1.165) is 43.4 Å². The number of nitrogens with one attached hydrogen (secondary N) is 2. The van der Waals surface area contributed by atoms with Crippen molar-refractivity contribution in [3.8, 4) is 22.0 Å². The van der Waals surface area contributed by atoms with Gasteiger partial charge in [-0.3, -0.25) is 14.6 Å². The van der Waals surface area contributed by atoms with E-state index in [1.54, 1.807) is 28.7 Å². The molecule has 1 aliphatic rings. The number of hydrogen-bond acceptors (Lipinski definition) is 7. The third-order valence-electron chi connectivity index (χ3n) is 5.92. The van der Waals surface area contributed by atoms with Crippen molar-refractivity contribution in [2.45, 2.75) is 44.8 Å². The van der Waals surface area contributed by atoms with Crippen LogP contribution in [0, 0.1) is 11.8 Å². The highest BCUT2D eigenvalue weighted by molar-refractivity contribution is 7.13. The number of carbonyl (C=O) groups is 1. The summed E-state index contributed by atoms with van der Waals surface area (Å²) in [5.41, 5.74) is 0.981. The first-order valence-electron chi connectivity index (χ1n) is 11.3. The highest BCUT2D eigenvalue weighted by Crippen LogP contribution is 2.34. The topological polar surface area (TPSA) is 111 Å². The molecule has 182 valence electrons. The number of rotatable bonds is 7. The van der Waals surface area contributed by atoms with Crippen LogP contribution in [0.25, 0.3) is 22.0 Å². The van der Waals surface area contributed by atoms with Crippen LogP contribution in [-0.4, -0.2) is 48.6 Å². The lowest BCUT2D eigenvalue weighted by Gasteiger charge is -2.28. The first-order valence-corrected chi connectivity index (χ1v) is 12.2. The summed E-state index contributed by atoms with van der Waals surface area (Å²) in [6, 6.07) is 1.97. The van der Waals surface area contributed by atoms with Crippen LogP contribution < -0.4 is 5.32 Å². The van der Waals surface area contributed by atoms with Gasteiger partial charge in [0.1, 0.15) is 22.1 Å². The molecule has 0 radical (unpaired) electrons. The molecule has 2 N–H and O–H groups in total. The minimum absolute atomic E-state index is 0.0414. The highest BCUT2D eigenvalue weighted by Gasteiger charge is 2.27. The van der Waals surface area contributed by atoms with Crippen molar-refractivity contribution in [2.24, 2.45) is 0 Å². The predicted molar refractivity (Wildman–Crippen MR) is 126 cm³/mol. The number of pyridine rings is 1. The second-order valence-electron chi connectivity index (χ2n) is 8.20. The zero-order valence-corrected chi connectivity index (χ0v) is 19.7. The van der Waals surface area contributed by atoms with Gasteiger partial charge in [-0.2, -0.15) is 14.6 Å². The molecule has 1 amide bonds. The van der Waals surface area contributed by atoms with Gasteiger partial charge in [-0.1, -0.05) is 0 Å². The van der Waals surface area contributed by atoms with Gasteiger partial charge >= 0.3 is 0 Å². The van der Waals surface area contributed by atoms with Crippen LogP contribution in [0.5, 0.6) is 0 Å². The van der Waals surface area contributed by atoms with Crippen LogP contribution >= 0.6 is 11.3 Å². The van der Waals surface area contributed by atoms with Crippen LogP contribution in [0.4, 0.5) is 14.5 Å². The molecule has 4 heterocycles. The summed E-state index contributed by atoms with van der Waals surface area (Å²) in [6.45, 7) is 2.64. The van der Waals surface area contributed by atoms with Crippen molar-refractivity contribution >= 4 is 22.9 Å². The summed E-state index contributed by atoms with van der Waals surface area (Å²) in [5, 5.41) is 16.1. The van der Waals surface area contributed by atoms with Gasteiger partial charge in [-0.15, -0.1) is 11.3 Å². The Hall–Kier alpha value is -3.51. The predicted octanol–water partition coefficient (Wildman–Crippen LogP) is 4.84. The number of halogens is 2. The minimum Gasteiger partial charge on any atom is -0.379 e. The van der Waals surface area contributed by atoms with Crippen LogP contribution in [0.15, 0.2) is 36.1 Å². The Bertz CT molecular complexity index is 1310. The van der Waals surface area contributed by atoms with E-state index in [9.17, 15) is 13.6 Å². The van der Waals surface area contributed by atoms with E-state index in [1.165, 1.54) is 11.3 Å². The van der Waals surface area contributed by atoms with E-state index in [1.807, 2.05) is 6.92 Å². The number of carbonyl (C=O) groups excluding carboxylic acids is 1. The van der Waals surface area contributed by atoms with Crippen LogP contribution in [0.2, 0.25) is 0 Å². The quantitative estimate of drug-likeness (QED) is 0.352. The number of nitrogens with zero attached hydrogens (tertiary/aromatic N) is 5. The fourth-order valence-electron chi connectivity index (χ4n) is 4.21. The average molecular weight is 500 g/mol. The van der Waals surface area contributed by atoms with Gasteiger partial charge in [0.2, 0.25) is 5.95 Å². The molecular formula is C23H23F2N7O2S. The largest absolute Gasteiger partial charge is 0.379 e. The summed E-state index contributed by atoms with van der Waals surface area (Å²) in [4.78, 5) is 21.1. The Morgan fingerprint density at radius 3 is 2.80 bits per heavy atom. The zero-order valence-electron chi connectivity index (χ0n) is 18.9. The maximum absolute atomic E-state index is 14.6. The number of H-pyrrole nitrogens is 1. The van der Waals surface area contributed by atoms with Crippen LogP contribution in [0.3, 0.4) is 0 Å². The van der Waals surface area contributed by atoms with E-state index in [-0.39, 0.29) is 34.9 Å². The molecule has 9 nitrogen and oxygen atoms in total. The van der Waals surface area contributed by atoms with Crippen molar-refractivity contribution in [3.05, 3.63) is 53.6 Å². The number of hydrogen-bond donors (Lipinski definition) is 2. The molecule has 4 aromatic rings. The normalized spacial score (nSPS) is 18.0. The average Bonchev–Trinajstić information content (AvgIpc) is 3.62. The number of thiazole rings is 1. The SMILES string of the molecule is CCOC1CCC(n2cc(NC(=O)c3csc(-c4cn[nH]c4)n3)c(-c3nc(F)ccc3F)n2)CC1. The first kappa shape index (κ1) is 23.2. The Labute approximate surface area is 203 Å². The molecule has 1 aliphatic carbocycles. The Morgan fingerprint density at radius 2 is 2.06 bits per heavy atom. The summed E-state index contributed by atoms with van der Waals surface area (Å²) in [7, 11) is 0. The van der Waals surface area contributed by atoms with Crippen molar-refractivity contribution in [1.29, 1.82) is 0 Å². The molecule has 35 heavy (non-hydrogen) atoms. The summed E-state index contributed by atoms with van der Waals surface area (Å²) >= 11 is 1.30. The lowest BCUT2D eigenvalue weighted by Crippen LogP contribution is -2.24. The van der Waals surface area contributed by atoms with E-state index in [4.69, 9.17) is 4.74 Å². The Morgan fingerprint density at radius 1 is 1.23 bits per heavy atom. The van der Waals surface area contributed by atoms with Gasteiger partial charge in [0.25, 0.3) is 5.91 Å². The summed E-state index contributed by atoms with van der Waals surface area (Å²) in [5.74, 6) is -2.06. The molecule has 5 rings (SSSR count). The third-order valence-corrected chi connectivity index (χ3v) is 6.81. The molecule has 1 saturated carbocycles. The van der Waals surface area contributed by atoms with Crippen molar-refractivity contribution in [3.63, 3.8) is 0 Å². The lowest BCUT2D eigenvalue weighted by atomic mass is 9.93. The zero-order chi connectivity index (χ0) is 24.4. The molecule has 0 bridgehead atoms. The highest BCUT2D eigenvalue weighted by atomic mass is 32.1. The van der Waals surface area contributed by atoms with Gasteiger partial charge < -0.3 is 10.1 Å². The number of amides is 1. The van der Waals surface area contributed by atoms with Crippen molar-refractivity contribution < 1.29 is 18.3 Å². The molecule has 0 spiro atoms. The molecule has 0 aliphatic heterocycles. The van der Waals surface area contributed by atoms with Gasteiger partial charge in [-0.05, 0) is 44.7 Å². The van der Waals surface area contributed by atoms with E-state index >= 15 is 0 Å². The summed E-state index contributed by atoms with van der Waals surface area (Å²) < 4.78 is 35.9. The standard InChI is InChI=1S/C23H23F2N7O2S/c1-2-34-15-5-3-14(4-6-15)32-11-17(21(31-32)20-16(24)7-8-19(25)30-20)28-22(33)18-12-35-23(29-18)13-9-26-27-10-13/h7-12,14-15H,2-6H2,1H3,(H,26,27)(H,28,33). The third kappa shape index (κ3) is 4.98. The van der Waals surface area contributed by atoms with Gasteiger partial charge in [0, 0.05) is 29.9 Å². The molecule has 0 aromatic carbocycles. The fourth-order valence-corrected chi connectivity index (χ4v) is 4.99. The molecule has 0 unspecified atom stereocenters. The smallest absolute Gasteiger partial charge is 0.275 e. The minimum atomic E-state index is -0.838. The number of ether oxygens (including phenoxy) is 1. The van der Waals surface area contributed by atoms with Gasteiger partial charge in [0.15, 0.2) is 5.82 Å². The second kappa shape index (κ2) is 10.0. The number of aromatic amines is 1. The molecule has 4 aromatic heterocycles. The van der Waals surface area contributed by atoms with E-state index in [0.29, 0.717) is 11.6 Å². The Balaban J connectivity index is 1.43. The maximum Gasteiger partial charge on any atom is 0.275 e.